The van der Waals surface area contributed by atoms with Crippen molar-refractivity contribution in [1.82, 2.24) is 0 Å². The molecule has 2 bridgehead atoms. The van der Waals surface area contributed by atoms with Gasteiger partial charge in [0.2, 0.25) is 0 Å². The van der Waals surface area contributed by atoms with Crippen LogP contribution in [0.2, 0.25) is 0 Å². The molecule has 2 aliphatic rings. The normalized spacial score (nSPS) is 37.8. The van der Waals surface area contributed by atoms with Gasteiger partial charge in [-0.1, -0.05) is 12.5 Å². The third-order valence-electron chi connectivity index (χ3n) is 2.62. The van der Waals surface area contributed by atoms with Gasteiger partial charge in [-0.25, -0.2) is 0 Å². The summed E-state index contributed by atoms with van der Waals surface area (Å²) in [5, 5.41) is 8.69. The van der Waals surface area contributed by atoms with Crippen molar-refractivity contribution in [1.29, 1.82) is 0 Å². The van der Waals surface area contributed by atoms with Crippen molar-refractivity contribution in [3.63, 3.8) is 0 Å². The summed E-state index contributed by atoms with van der Waals surface area (Å²) in [5.41, 5.74) is 0. The van der Waals surface area contributed by atoms with Crippen LogP contribution in [0, 0.1) is 0 Å². The molecule has 2 heterocycles. The summed E-state index contributed by atoms with van der Waals surface area (Å²) in [6.45, 7) is 0.417. The molecule has 74 valence electrons. The van der Waals surface area contributed by atoms with Crippen LogP contribution in [0.3, 0.4) is 0 Å². The molecule has 0 spiro atoms. The maximum Gasteiger partial charge on any atom is 0.188 e. The molecule has 2 atom stereocenters. The van der Waals surface area contributed by atoms with Crippen molar-refractivity contribution in [2.24, 2.45) is 0 Å². The first-order chi connectivity index (χ1) is 6.35. The van der Waals surface area contributed by atoms with Gasteiger partial charge in [0.15, 0.2) is 5.79 Å². The molecule has 3 heteroatoms. The molecular formula is C10H16O3. The minimum Gasteiger partial charge on any atom is -0.394 e. The number of aliphatic hydroxyl groups excluding tert-OH is 1. The number of ether oxygens (including phenoxy) is 2. The molecule has 0 aromatic rings. The topological polar surface area (TPSA) is 38.7 Å². The summed E-state index contributed by atoms with van der Waals surface area (Å²) in [4.78, 5) is 0. The molecule has 2 rings (SSSR count). The minimum absolute atomic E-state index is 0.0591. The van der Waals surface area contributed by atoms with E-state index in [1.54, 1.807) is 0 Å². The van der Waals surface area contributed by atoms with E-state index >= 15 is 0 Å². The SMILES string of the molecule is OCCO[C@]12C=C[C@H](CCCC1)O2. The third kappa shape index (κ3) is 1.93. The molecule has 3 nitrogen and oxygen atoms in total. The summed E-state index contributed by atoms with van der Waals surface area (Å²) in [5.74, 6) is -0.510. The monoisotopic (exact) mass is 184 g/mol. The van der Waals surface area contributed by atoms with Gasteiger partial charge in [-0.05, 0) is 18.9 Å². The summed E-state index contributed by atoms with van der Waals surface area (Å²) >= 11 is 0. The first kappa shape index (κ1) is 9.19. The molecule has 0 aliphatic carbocycles. The van der Waals surface area contributed by atoms with E-state index in [-0.39, 0.29) is 12.7 Å². The van der Waals surface area contributed by atoms with Crippen LogP contribution < -0.4 is 0 Å². The summed E-state index contributed by atoms with van der Waals surface area (Å²) < 4.78 is 11.3. The maximum absolute atomic E-state index is 8.69. The Labute approximate surface area is 78.3 Å². The van der Waals surface area contributed by atoms with Gasteiger partial charge in [0.25, 0.3) is 0 Å². The highest BCUT2D eigenvalue weighted by Gasteiger charge is 2.37. The molecule has 13 heavy (non-hydrogen) atoms. The van der Waals surface area contributed by atoms with Gasteiger partial charge >= 0.3 is 0 Å². The zero-order valence-corrected chi connectivity index (χ0v) is 7.74. The van der Waals surface area contributed by atoms with Crippen molar-refractivity contribution in [3.8, 4) is 0 Å². The van der Waals surface area contributed by atoms with Crippen LogP contribution in [0.5, 0.6) is 0 Å². The average molecular weight is 184 g/mol. The first-order valence-corrected chi connectivity index (χ1v) is 4.97. The van der Waals surface area contributed by atoms with Crippen LogP contribution in [0.4, 0.5) is 0 Å². The van der Waals surface area contributed by atoms with Crippen LogP contribution in [0.15, 0.2) is 12.2 Å². The average Bonchev–Trinajstić information content (AvgIpc) is 2.40. The molecule has 1 fully saturated rings. The maximum atomic E-state index is 8.69. The Hall–Kier alpha value is -0.380. The Bertz CT molecular complexity index is 202. The van der Waals surface area contributed by atoms with Crippen LogP contribution >= 0.6 is 0 Å². The largest absolute Gasteiger partial charge is 0.394 e. The van der Waals surface area contributed by atoms with E-state index in [2.05, 4.69) is 6.08 Å². The summed E-state index contributed by atoms with van der Waals surface area (Å²) in [6, 6.07) is 0. The van der Waals surface area contributed by atoms with Gasteiger partial charge in [-0.3, -0.25) is 0 Å². The van der Waals surface area contributed by atoms with Crippen molar-refractivity contribution < 1.29 is 14.6 Å². The number of fused-ring (bicyclic) bond motifs is 2. The van der Waals surface area contributed by atoms with Crippen molar-refractivity contribution in [2.75, 3.05) is 13.2 Å². The summed E-state index contributed by atoms with van der Waals surface area (Å²) in [7, 11) is 0. The molecule has 0 aromatic heterocycles. The molecule has 0 aromatic carbocycles. The lowest BCUT2D eigenvalue weighted by molar-refractivity contribution is -0.209. The number of hydrogen-bond acceptors (Lipinski definition) is 3. The Morgan fingerprint density at radius 1 is 1.54 bits per heavy atom. The summed E-state index contributed by atoms with van der Waals surface area (Å²) in [6.07, 6.45) is 8.69. The van der Waals surface area contributed by atoms with Gasteiger partial charge in [0, 0.05) is 6.42 Å². The molecule has 0 saturated carbocycles. The highest BCUT2D eigenvalue weighted by Crippen LogP contribution is 2.35. The quantitative estimate of drug-likeness (QED) is 0.670. The number of hydrogen-bond donors (Lipinski definition) is 1. The van der Waals surface area contributed by atoms with Crippen molar-refractivity contribution in [3.05, 3.63) is 12.2 Å². The highest BCUT2D eigenvalue weighted by atomic mass is 16.7. The molecule has 0 unspecified atom stereocenters. The van der Waals surface area contributed by atoms with Gasteiger partial charge in [0.1, 0.15) is 0 Å². The van der Waals surface area contributed by atoms with Crippen LogP contribution in [-0.4, -0.2) is 30.2 Å². The van der Waals surface area contributed by atoms with Gasteiger partial charge in [0.05, 0.1) is 19.3 Å². The van der Waals surface area contributed by atoms with E-state index in [1.165, 1.54) is 6.42 Å². The van der Waals surface area contributed by atoms with Crippen LogP contribution in [0.25, 0.3) is 0 Å². The molecule has 0 radical (unpaired) electrons. The second kappa shape index (κ2) is 3.78. The van der Waals surface area contributed by atoms with Crippen molar-refractivity contribution in [2.45, 2.75) is 37.6 Å². The van der Waals surface area contributed by atoms with E-state index in [4.69, 9.17) is 14.6 Å². The lowest BCUT2D eigenvalue weighted by atomic mass is 10.0. The standard InChI is InChI=1S/C10H16O3/c11-7-8-12-10-5-2-1-3-9(13-10)4-6-10/h4,6,9,11H,1-3,5,7-8H2/t9-,10+/m0/s1. The van der Waals surface area contributed by atoms with Gasteiger partial charge in [-0.2, -0.15) is 0 Å². The zero-order valence-electron chi connectivity index (χ0n) is 7.74. The van der Waals surface area contributed by atoms with E-state index in [9.17, 15) is 0 Å². The number of aliphatic hydroxyl groups is 1. The molecular weight excluding hydrogens is 168 g/mol. The fraction of sp³-hybridized carbons (Fsp3) is 0.800. The Balaban J connectivity index is 1.99. The lowest BCUT2D eigenvalue weighted by Gasteiger charge is -2.26. The van der Waals surface area contributed by atoms with E-state index < -0.39 is 5.79 Å². The minimum atomic E-state index is -0.510. The lowest BCUT2D eigenvalue weighted by Crippen LogP contribution is -2.32. The molecule has 1 N–H and O–H groups in total. The predicted molar refractivity (Wildman–Crippen MR) is 48.2 cm³/mol. The number of rotatable bonds is 3. The van der Waals surface area contributed by atoms with Crippen molar-refractivity contribution >= 4 is 0 Å². The van der Waals surface area contributed by atoms with Gasteiger partial charge < -0.3 is 14.6 Å². The second-order valence-electron chi connectivity index (χ2n) is 3.65. The van der Waals surface area contributed by atoms with E-state index in [0.29, 0.717) is 6.61 Å². The van der Waals surface area contributed by atoms with E-state index in [0.717, 1.165) is 19.3 Å². The third-order valence-corrected chi connectivity index (χ3v) is 2.62. The molecule has 2 aliphatic heterocycles. The Morgan fingerprint density at radius 3 is 3.31 bits per heavy atom. The Morgan fingerprint density at radius 2 is 2.46 bits per heavy atom. The zero-order chi connectivity index (χ0) is 9.15. The fourth-order valence-electron chi connectivity index (χ4n) is 1.98. The van der Waals surface area contributed by atoms with E-state index in [1.807, 2.05) is 6.08 Å². The van der Waals surface area contributed by atoms with Crippen LogP contribution in [-0.2, 0) is 9.47 Å². The van der Waals surface area contributed by atoms with Gasteiger partial charge in [-0.15, -0.1) is 0 Å². The fourth-order valence-corrected chi connectivity index (χ4v) is 1.98. The molecule has 0 amide bonds. The first-order valence-electron chi connectivity index (χ1n) is 4.97. The molecule has 1 saturated heterocycles. The second-order valence-corrected chi connectivity index (χ2v) is 3.65. The predicted octanol–water partition coefficient (Wildman–Crippen LogP) is 1.22. The van der Waals surface area contributed by atoms with Crippen LogP contribution in [0.1, 0.15) is 25.7 Å². The Kier molecular flexibility index (Phi) is 2.67. The highest BCUT2D eigenvalue weighted by molar-refractivity contribution is 5.08. The smallest absolute Gasteiger partial charge is 0.188 e.